The van der Waals surface area contributed by atoms with E-state index in [9.17, 15) is 28.1 Å². The summed E-state index contributed by atoms with van der Waals surface area (Å²) in [6.45, 7) is 0.0281. The fraction of sp³-hybridized carbons (Fsp3) is 0.412. The number of aromatic nitrogens is 2. The molecular formula is C17H18F3N5O4. The number of aryl methyl sites for hydroxylation is 1. The molecule has 0 atom stereocenters. The number of carbonyl (C=O) groups excluding carboxylic acids is 1. The summed E-state index contributed by atoms with van der Waals surface area (Å²) in [6, 6.07) is 2.85. The van der Waals surface area contributed by atoms with E-state index in [2.05, 4.69) is 5.10 Å². The maximum Gasteiger partial charge on any atom is 0.471 e. The van der Waals surface area contributed by atoms with Gasteiger partial charge in [0.15, 0.2) is 5.75 Å². The van der Waals surface area contributed by atoms with Crippen LogP contribution in [0.15, 0.2) is 24.5 Å². The third kappa shape index (κ3) is 4.10. The summed E-state index contributed by atoms with van der Waals surface area (Å²) in [5.74, 6) is -1.84. The van der Waals surface area contributed by atoms with Gasteiger partial charge in [-0.2, -0.15) is 18.3 Å². The van der Waals surface area contributed by atoms with Crippen LogP contribution in [0.4, 0.5) is 24.5 Å². The largest absolute Gasteiger partial charge is 0.490 e. The van der Waals surface area contributed by atoms with Crippen molar-refractivity contribution < 1.29 is 27.6 Å². The maximum absolute atomic E-state index is 12.7. The Morgan fingerprint density at radius 2 is 1.90 bits per heavy atom. The highest BCUT2D eigenvalue weighted by molar-refractivity contribution is 5.84. The number of hydrogen-bond acceptors (Lipinski definition) is 6. The van der Waals surface area contributed by atoms with Gasteiger partial charge in [-0.3, -0.25) is 19.6 Å². The van der Waals surface area contributed by atoms with Crippen molar-refractivity contribution in [2.24, 2.45) is 7.05 Å². The van der Waals surface area contributed by atoms with Gasteiger partial charge in [0.25, 0.3) is 0 Å². The number of piperazine rings is 1. The summed E-state index contributed by atoms with van der Waals surface area (Å²) in [5.41, 5.74) is 1.43. The van der Waals surface area contributed by atoms with Crippen molar-refractivity contribution >= 4 is 17.3 Å². The number of carbonyl (C=O) groups is 1. The standard InChI is InChI=1S/C17H18F3N5O4/c1-22-10-11(9-21-22)12-7-14(25(27)28)15(29-2)8-13(12)23-3-5-24(6-4-23)16(26)17(18,19)20/h7-10H,3-6H2,1-2H3. The molecule has 1 fully saturated rings. The molecule has 1 saturated heterocycles. The number of methoxy groups -OCH3 is 1. The molecule has 0 radical (unpaired) electrons. The van der Waals surface area contributed by atoms with Crippen LogP contribution >= 0.6 is 0 Å². The number of rotatable bonds is 4. The predicted molar refractivity (Wildman–Crippen MR) is 96.7 cm³/mol. The number of anilines is 1. The van der Waals surface area contributed by atoms with Crippen molar-refractivity contribution in [2.45, 2.75) is 6.18 Å². The molecule has 0 unspecified atom stereocenters. The lowest BCUT2D eigenvalue weighted by Crippen LogP contribution is -2.52. The highest BCUT2D eigenvalue weighted by atomic mass is 19.4. The van der Waals surface area contributed by atoms with Crippen molar-refractivity contribution in [3.8, 4) is 16.9 Å². The minimum absolute atomic E-state index is 0.0337. The number of alkyl halides is 3. The van der Waals surface area contributed by atoms with E-state index in [1.54, 1.807) is 24.3 Å². The number of amides is 1. The van der Waals surface area contributed by atoms with Crippen LogP contribution < -0.4 is 9.64 Å². The third-order valence-electron chi connectivity index (χ3n) is 4.66. The van der Waals surface area contributed by atoms with Gasteiger partial charge in [-0.25, -0.2) is 0 Å². The summed E-state index contributed by atoms with van der Waals surface area (Å²) >= 11 is 0. The van der Waals surface area contributed by atoms with Gasteiger partial charge in [0.1, 0.15) is 0 Å². The normalized spacial score (nSPS) is 14.8. The van der Waals surface area contributed by atoms with E-state index in [-0.39, 0.29) is 37.6 Å². The van der Waals surface area contributed by atoms with Gasteiger partial charge in [-0.1, -0.05) is 0 Å². The highest BCUT2D eigenvalue weighted by Crippen LogP contribution is 2.40. The molecule has 1 aromatic carbocycles. The molecule has 9 nitrogen and oxygen atoms in total. The average molecular weight is 413 g/mol. The number of ether oxygens (including phenoxy) is 1. The van der Waals surface area contributed by atoms with Crippen molar-refractivity contribution in [2.75, 3.05) is 38.2 Å². The fourth-order valence-corrected chi connectivity index (χ4v) is 3.25. The Morgan fingerprint density at radius 3 is 2.38 bits per heavy atom. The molecule has 12 heteroatoms. The second-order valence-corrected chi connectivity index (χ2v) is 6.48. The van der Waals surface area contributed by atoms with E-state index in [1.165, 1.54) is 23.9 Å². The topological polar surface area (TPSA) is 93.7 Å². The van der Waals surface area contributed by atoms with Gasteiger partial charge in [-0.05, 0) is 0 Å². The molecule has 3 rings (SSSR count). The first-order chi connectivity index (χ1) is 13.6. The highest BCUT2D eigenvalue weighted by Gasteiger charge is 2.43. The van der Waals surface area contributed by atoms with Gasteiger partial charge >= 0.3 is 17.8 Å². The summed E-state index contributed by atoms with van der Waals surface area (Å²) in [6.07, 6.45) is -1.70. The number of hydrogen-bond donors (Lipinski definition) is 0. The fourth-order valence-electron chi connectivity index (χ4n) is 3.25. The quantitative estimate of drug-likeness (QED) is 0.564. The summed E-state index contributed by atoms with van der Waals surface area (Å²) in [4.78, 5) is 24.8. The minimum Gasteiger partial charge on any atom is -0.490 e. The molecule has 1 aliphatic rings. The molecule has 29 heavy (non-hydrogen) atoms. The van der Waals surface area contributed by atoms with Crippen LogP contribution in [0.1, 0.15) is 0 Å². The Labute approximate surface area is 163 Å². The lowest BCUT2D eigenvalue weighted by atomic mass is 10.0. The number of nitro benzene ring substituents is 1. The van der Waals surface area contributed by atoms with Crippen LogP contribution in [0.3, 0.4) is 0 Å². The Balaban J connectivity index is 1.96. The van der Waals surface area contributed by atoms with E-state index in [1.807, 2.05) is 0 Å². The smallest absolute Gasteiger partial charge is 0.471 e. The zero-order valence-corrected chi connectivity index (χ0v) is 15.6. The Morgan fingerprint density at radius 1 is 1.24 bits per heavy atom. The first-order valence-corrected chi connectivity index (χ1v) is 8.58. The second kappa shape index (κ2) is 7.60. The van der Waals surface area contributed by atoms with Crippen molar-refractivity contribution in [3.05, 3.63) is 34.6 Å². The van der Waals surface area contributed by atoms with Crippen LogP contribution in [-0.4, -0.2) is 65.0 Å². The molecule has 0 spiro atoms. The van der Waals surface area contributed by atoms with Crippen molar-refractivity contribution in [1.82, 2.24) is 14.7 Å². The Bertz CT molecular complexity index is 936. The number of nitrogens with zero attached hydrogens (tertiary/aromatic N) is 5. The molecule has 1 amide bonds. The second-order valence-electron chi connectivity index (χ2n) is 6.48. The van der Waals surface area contributed by atoms with Gasteiger partial charge < -0.3 is 14.5 Å². The molecule has 2 heterocycles. The average Bonchev–Trinajstić information content (AvgIpc) is 3.11. The third-order valence-corrected chi connectivity index (χ3v) is 4.66. The van der Waals surface area contributed by atoms with Crippen LogP contribution in [0, 0.1) is 10.1 Å². The molecule has 0 aliphatic carbocycles. The molecule has 2 aromatic rings. The van der Waals surface area contributed by atoms with E-state index in [0.29, 0.717) is 16.8 Å². The summed E-state index contributed by atoms with van der Waals surface area (Å²) < 4.78 is 44.7. The Kier molecular flexibility index (Phi) is 5.36. The predicted octanol–water partition coefficient (Wildman–Crippen LogP) is 2.21. The number of benzene rings is 1. The van der Waals surface area contributed by atoms with Crippen LogP contribution in [-0.2, 0) is 11.8 Å². The Hall–Kier alpha value is -3.31. The first-order valence-electron chi connectivity index (χ1n) is 8.58. The van der Waals surface area contributed by atoms with E-state index in [4.69, 9.17) is 4.74 Å². The maximum atomic E-state index is 12.7. The number of nitro groups is 1. The van der Waals surface area contributed by atoms with Crippen molar-refractivity contribution in [1.29, 1.82) is 0 Å². The molecule has 0 N–H and O–H groups in total. The molecular weight excluding hydrogens is 395 g/mol. The van der Waals surface area contributed by atoms with Gasteiger partial charge in [-0.15, -0.1) is 0 Å². The minimum atomic E-state index is -4.92. The van der Waals surface area contributed by atoms with E-state index in [0.717, 1.165) is 4.90 Å². The van der Waals surface area contributed by atoms with Crippen LogP contribution in [0.5, 0.6) is 5.75 Å². The van der Waals surface area contributed by atoms with E-state index >= 15 is 0 Å². The van der Waals surface area contributed by atoms with E-state index < -0.39 is 17.0 Å². The zero-order valence-electron chi connectivity index (χ0n) is 15.6. The lowest BCUT2D eigenvalue weighted by Gasteiger charge is -2.37. The van der Waals surface area contributed by atoms with Gasteiger partial charge in [0, 0.05) is 68.4 Å². The lowest BCUT2D eigenvalue weighted by molar-refractivity contribution is -0.385. The first kappa shape index (κ1) is 20.4. The number of halogens is 3. The SMILES string of the molecule is COc1cc(N2CCN(C(=O)C(F)(F)F)CC2)c(-c2cnn(C)c2)cc1[N+](=O)[O-]. The molecule has 156 valence electrons. The molecule has 1 aromatic heterocycles. The van der Waals surface area contributed by atoms with Gasteiger partial charge in [0.2, 0.25) is 0 Å². The monoisotopic (exact) mass is 413 g/mol. The summed E-state index contributed by atoms with van der Waals surface area (Å²) in [7, 11) is 3.00. The van der Waals surface area contributed by atoms with Crippen LogP contribution in [0.25, 0.3) is 11.1 Å². The zero-order chi connectivity index (χ0) is 21.3. The summed E-state index contributed by atoms with van der Waals surface area (Å²) in [5, 5.41) is 15.5. The molecule has 0 saturated carbocycles. The van der Waals surface area contributed by atoms with Gasteiger partial charge in [0.05, 0.1) is 18.2 Å². The molecule has 0 bridgehead atoms. The molecule has 1 aliphatic heterocycles. The van der Waals surface area contributed by atoms with Crippen LogP contribution in [0.2, 0.25) is 0 Å². The van der Waals surface area contributed by atoms with Crippen molar-refractivity contribution in [3.63, 3.8) is 0 Å².